The van der Waals surface area contributed by atoms with Crippen molar-refractivity contribution in [2.24, 2.45) is 0 Å². The highest BCUT2D eigenvalue weighted by Crippen LogP contribution is 2.28. The highest BCUT2D eigenvalue weighted by molar-refractivity contribution is 6.35. The molecule has 0 saturated carbocycles. The Labute approximate surface area is 187 Å². The Kier molecular flexibility index (Phi) is 5.51. The van der Waals surface area contributed by atoms with E-state index in [0.717, 1.165) is 0 Å². The molecule has 0 aliphatic rings. The zero-order valence-corrected chi connectivity index (χ0v) is 18.0. The number of aryl methyl sites for hydroxylation is 1. The van der Waals surface area contributed by atoms with Crippen LogP contribution in [0.5, 0.6) is 0 Å². The zero-order valence-electron chi connectivity index (χ0n) is 17.2. The first-order chi connectivity index (χ1) is 15.3. The summed E-state index contributed by atoms with van der Waals surface area (Å²) in [4.78, 5) is 21.5. The lowest BCUT2D eigenvalue weighted by Gasteiger charge is -2.22. The molecule has 0 spiro atoms. The van der Waals surface area contributed by atoms with Crippen LogP contribution in [0.15, 0.2) is 53.5 Å². The molecule has 160 valence electrons. The lowest BCUT2D eigenvalue weighted by atomic mass is 10.1. The van der Waals surface area contributed by atoms with Crippen molar-refractivity contribution in [2.45, 2.75) is 19.9 Å². The van der Waals surface area contributed by atoms with Gasteiger partial charge in [-0.15, -0.1) is 0 Å². The van der Waals surface area contributed by atoms with Crippen molar-refractivity contribution >= 4 is 34.1 Å². The van der Waals surface area contributed by atoms with Crippen LogP contribution in [-0.2, 0) is 0 Å². The van der Waals surface area contributed by atoms with Gasteiger partial charge < -0.3 is 11.1 Å². The summed E-state index contributed by atoms with van der Waals surface area (Å²) in [5.41, 5.74) is 6.36. The molecular formula is C23H18ClFN6O. The molecule has 0 aliphatic heterocycles. The summed E-state index contributed by atoms with van der Waals surface area (Å²) in [5, 5.41) is 13.6. The number of nitrogens with two attached hydrogens (primary N) is 1. The van der Waals surface area contributed by atoms with Gasteiger partial charge in [0.15, 0.2) is 0 Å². The van der Waals surface area contributed by atoms with Gasteiger partial charge in [0.1, 0.15) is 23.3 Å². The number of hydrogen-bond donors (Lipinski definition) is 2. The minimum absolute atomic E-state index is 0.00823. The van der Waals surface area contributed by atoms with Crippen LogP contribution in [0, 0.1) is 24.1 Å². The number of benzene rings is 2. The molecule has 0 aliphatic carbocycles. The topological polar surface area (TPSA) is 110 Å². The number of nitriles is 1. The molecule has 2 aromatic heterocycles. The average molecular weight is 449 g/mol. The smallest absolute Gasteiger partial charge is 0.264 e. The van der Waals surface area contributed by atoms with Gasteiger partial charge in [0, 0.05) is 5.69 Å². The Morgan fingerprint density at radius 2 is 2.03 bits per heavy atom. The van der Waals surface area contributed by atoms with Crippen LogP contribution in [0.25, 0.3) is 16.5 Å². The van der Waals surface area contributed by atoms with Crippen molar-refractivity contribution in [3.05, 3.63) is 86.7 Å². The predicted octanol–water partition coefficient (Wildman–Crippen LogP) is 4.51. The van der Waals surface area contributed by atoms with Crippen molar-refractivity contribution in [2.75, 3.05) is 11.1 Å². The Morgan fingerprint density at radius 1 is 1.28 bits per heavy atom. The van der Waals surface area contributed by atoms with Gasteiger partial charge >= 0.3 is 0 Å². The molecule has 4 aromatic rings. The van der Waals surface area contributed by atoms with Gasteiger partial charge in [0.25, 0.3) is 5.56 Å². The van der Waals surface area contributed by atoms with Gasteiger partial charge in [-0.1, -0.05) is 35.9 Å². The number of nitrogens with zero attached hydrogens (tertiary/aromatic N) is 4. The monoisotopic (exact) mass is 448 g/mol. The molecule has 1 atom stereocenters. The maximum Gasteiger partial charge on any atom is 0.264 e. The molecule has 0 radical (unpaired) electrons. The van der Waals surface area contributed by atoms with E-state index in [9.17, 15) is 10.1 Å². The van der Waals surface area contributed by atoms with E-state index in [1.807, 2.05) is 6.07 Å². The summed E-state index contributed by atoms with van der Waals surface area (Å²) in [5.74, 6) is -0.313. The second kappa shape index (κ2) is 8.29. The first-order valence-electron chi connectivity index (χ1n) is 9.70. The highest BCUT2D eigenvalue weighted by atomic mass is 35.5. The number of nitrogens with one attached hydrogen (secondary N) is 1. The molecule has 0 unspecified atom stereocenters. The normalized spacial score (nSPS) is 11.8. The second-order valence-electron chi connectivity index (χ2n) is 7.29. The summed E-state index contributed by atoms with van der Waals surface area (Å²) in [6.07, 6.45) is 1.31. The molecule has 4 rings (SSSR count). The van der Waals surface area contributed by atoms with Gasteiger partial charge in [-0.25, -0.2) is 9.37 Å². The van der Waals surface area contributed by atoms with E-state index >= 15 is 4.39 Å². The number of aromatic nitrogens is 3. The van der Waals surface area contributed by atoms with Crippen molar-refractivity contribution in [3.8, 4) is 11.8 Å². The van der Waals surface area contributed by atoms with Crippen LogP contribution < -0.4 is 16.6 Å². The SMILES string of the molecule is Cc1cccc(-n2c([C@H](C)Nc3nc(N)ncc3C#N)cc3cccc(Cl)c3c2=O)c1F. The molecule has 3 N–H and O–H groups in total. The van der Waals surface area contributed by atoms with Gasteiger partial charge in [0.05, 0.1) is 28.3 Å². The minimum Gasteiger partial charge on any atom is -0.368 e. The maximum atomic E-state index is 15.1. The zero-order chi connectivity index (χ0) is 23.0. The second-order valence-corrected chi connectivity index (χ2v) is 7.70. The Bertz CT molecular complexity index is 1460. The van der Waals surface area contributed by atoms with Crippen LogP contribution >= 0.6 is 11.6 Å². The van der Waals surface area contributed by atoms with Crippen molar-refractivity contribution in [3.63, 3.8) is 0 Å². The van der Waals surface area contributed by atoms with E-state index in [1.54, 1.807) is 50.2 Å². The van der Waals surface area contributed by atoms with Gasteiger partial charge in [-0.2, -0.15) is 10.2 Å². The summed E-state index contributed by atoms with van der Waals surface area (Å²) < 4.78 is 16.4. The van der Waals surface area contributed by atoms with Crippen LogP contribution in [0.2, 0.25) is 5.02 Å². The van der Waals surface area contributed by atoms with Crippen LogP contribution in [0.4, 0.5) is 16.2 Å². The van der Waals surface area contributed by atoms with E-state index in [4.69, 9.17) is 17.3 Å². The largest absolute Gasteiger partial charge is 0.368 e. The number of rotatable bonds is 4. The average Bonchev–Trinajstić information content (AvgIpc) is 2.76. The molecule has 9 heteroatoms. The third kappa shape index (κ3) is 3.63. The summed E-state index contributed by atoms with van der Waals surface area (Å²) in [6, 6.07) is 13.2. The van der Waals surface area contributed by atoms with E-state index in [2.05, 4.69) is 15.3 Å². The van der Waals surface area contributed by atoms with E-state index < -0.39 is 17.4 Å². The minimum atomic E-state index is -0.563. The molecule has 0 amide bonds. The highest BCUT2D eigenvalue weighted by Gasteiger charge is 2.21. The molecule has 2 heterocycles. The quantitative estimate of drug-likeness (QED) is 0.475. The van der Waals surface area contributed by atoms with Crippen molar-refractivity contribution < 1.29 is 4.39 Å². The van der Waals surface area contributed by atoms with E-state index in [-0.39, 0.29) is 33.4 Å². The van der Waals surface area contributed by atoms with Crippen LogP contribution in [0.1, 0.15) is 29.8 Å². The molecular weight excluding hydrogens is 431 g/mol. The molecule has 2 aromatic carbocycles. The van der Waals surface area contributed by atoms with Gasteiger partial charge in [-0.3, -0.25) is 9.36 Å². The Balaban J connectivity index is 1.98. The van der Waals surface area contributed by atoms with Crippen LogP contribution in [-0.4, -0.2) is 14.5 Å². The first kappa shape index (κ1) is 21.3. The fraction of sp³-hybridized carbons (Fsp3) is 0.130. The molecule has 0 saturated heterocycles. The molecule has 32 heavy (non-hydrogen) atoms. The van der Waals surface area contributed by atoms with Gasteiger partial charge in [0.2, 0.25) is 5.95 Å². The van der Waals surface area contributed by atoms with E-state index in [0.29, 0.717) is 16.6 Å². The van der Waals surface area contributed by atoms with Crippen molar-refractivity contribution in [1.82, 2.24) is 14.5 Å². The predicted molar refractivity (Wildman–Crippen MR) is 122 cm³/mol. The Hall–Kier alpha value is -3.96. The van der Waals surface area contributed by atoms with E-state index in [1.165, 1.54) is 16.8 Å². The summed E-state index contributed by atoms with van der Waals surface area (Å²) in [6.45, 7) is 3.40. The molecule has 7 nitrogen and oxygen atoms in total. The molecule has 0 fully saturated rings. The number of nitrogen functional groups attached to an aromatic ring is 1. The number of fused-ring (bicyclic) bond motifs is 1. The summed E-state index contributed by atoms with van der Waals surface area (Å²) in [7, 11) is 0. The molecule has 0 bridgehead atoms. The first-order valence-corrected chi connectivity index (χ1v) is 10.1. The van der Waals surface area contributed by atoms with Crippen molar-refractivity contribution in [1.29, 1.82) is 5.26 Å². The maximum absolute atomic E-state index is 15.1. The third-order valence-electron chi connectivity index (χ3n) is 5.16. The lowest BCUT2D eigenvalue weighted by Crippen LogP contribution is -2.27. The Morgan fingerprint density at radius 3 is 2.78 bits per heavy atom. The summed E-state index contributed by atoms with van der Waals surface area (Å²) >= 11 is 6.32. The van der Waals surface area contributed by atoms with Crippen LogP contribution in [0.3, 0.4) is 0 Å². The number of halogens is 2. The fourth-order valence-electron chi connectivity index (χ4n) is 3.58. The fourth-order valence-corrected chi connectivity index (χ4v) is 3.84. The standard InChI is InChI=1S/C23H18ClFN6O/c1-12-5-3-8-17(20(12)25)31-18(9-14-6-4-7-16(24)19(14)22(31)32)13(2)29-21-15(10-26)11-28-23(27)30-21/h3-9,11,13H,1-2H3,(H3,27,28,29,30)/t13-/m0/s1. The third-order valence-corrected chi connectivity index (χ3v) is 5.48. The van der Waals surface area contributed by atoms with Gasteiger partial charge in [-0.05, 0) is 43.0 Å². The number of hydrogen-bond acceptors (Lipinski definition) is 6. The number of anilines is 2. The lowest BCUT2D eigenvalue weighted by molar-refractivity contribution is 0.602. The number of pyridine rings is 1.